The Balaban J connectivity index is 2.15. The molecule has 1 N–H and O–H groups in total. The summed E-state index contributed by atoms with van der Waals surface area (Å²) < 4.78 is 3.15. The standard InChI is InChI=1S/C12H17BrN4S/c1-3-5-17-11(15-8-16-17)7-10(14-2)12-9(13)4-6-18-12/h4,6,8,10,14H,3,5,7H2,1-2H3. The fourth-order valence-corrected chi connectivity index (χ4v) is 3.67. The van der Waals surface area contributed by atoms with Crippen LogP contribution in [0.2, 0.25) is 0 Å². The van der Waals surface area contributed by atoms with Gasteiger partial charge in [0.25, 0.3) is 0 Å². The molecule has 0 aliphatic heterocycles. The van der Waals surface area contributed by atoms with E-state index in [4.69, 9.17) is 0 Å². The van der Waals surface area contributed by atoms with Crippen LogP contribution < -0.4 is 5.32 Å². The number of rotatable bonds is 6. The SMILES string of the molecule is CCCn1ncnc1CC(NC)c1sccc1Br. The second-order valence-corrected chi connectivity index (χ2v) is 5.88. The van der Waals surface area contributed by atoms with Gasteiger partial charge in [-0.25, -0.2) is 4.98 Å². The Morgan fingerprint density at radius 1 is 1.56 bits per heavy atom. The Morgan fingerprint density at radius 2 is 2.39 bits per heavy atom. The Labute approximate surface area is 120 Å². The normalized spacial score (nSPS) is 12.8. The van der Waals surface area contributed by atoms with Crippen LogP contribution >= 0.6 is 27.3 Å². The van der Waals surface area contributed by atoms with E-state index in [9.17, 15) is 0 Å². The fraction of sp³-hybridized carbons (Fsp3) is 0.500. The van der Waals surface area contributed by atoms with Gasteiger partial charge in [-0.15, -0.1) is 11.3 Å². The average Bonchev–Trinajstić information content (AvgIpc) is 2.96. The minimum Gasteiger partial charge on any atom is -0.312 e. The van der Waals surface area contributed by atoms with E-state index in [1.807, 2.05) is 11.7 Å². The van der Waals surface area contributed by atoms with Crippen LogP contribution in [-0.2, 0) is 13.0 Å². The molecular weight excluding hydrogens is 312 g/mol. The molecule has 2 heterocycles. The number of aromatic nitrogens is 3. The van der Waals surface area contributed by atoms with Gasteiger partial charge in [-0.2, -0.15) is 5.10 Å². The molecule has 0 aliphatic rings. The number of hydrogen-bond acceptors (Lipinski definition) is 4. The molecule has 2 rings (SSSR count). The maximum Gasteiger partial charge on any atom is 0.138 e. The molecule has 2 aromatic rings. The highest BCUT2D eigenvalue weighted by atomic mass is 79.9. The van der Waals surface area contributed by atoms with Gasteiger partial charge in [-0.1, -0.05) is 6.92 Å². The number of likely N-dealkylation sites (N-methyl/N-ethyl adjacent to an activating group) is 1. The third-order valence-corrected chi connectivity index (χ3v) is 4.81. The fourth-order valence-electron chi connectivity index (χ4n) is 1.91. The first-order valence-corrected chi connectivity index (χ1v) is 7.70. The van der Waals surface area contributed by atoms with Gasteiger partial charge in [-0.3, -0.25) is 4.68 Å². The van der Waals surface area contributed by atoms with Crippen molar-refractivity contribution < 1.29 is 0 Å². The van der Waals surface area contributed by atoms with E-state index < -0.39 is 0 Å². The van der Waals surface area contributed by atoms with Crippen molar-refractivity contribution in [3.63, 3.8) is 0 Å². The van der Waals surface area contributed by atoms with Gasteiger partial charge in [0.15, 0.2) is 0 Å². The zero-order chi connectivity index (χ0) is 13.0. The predicted molar refractivity (Wildman–Crippen MR) is 77.8 cm³/mol. The topological polar surface area (TPSA) is 42.7 Å². The number of aryl methyl sites for hydroxylation is 1. The summed E-state index contributed by atoms with van der Waals surface area (Å²) in [5, 5.41) is 9.72. The van der Waals surface area contributed by atoms with Gasteiger partial charge in [0.2, 0.25) is 0 Å². The van der Waals surface area contributed by atoms with Crippen LogP contribution in [0.5, 0.6) is 0 Å². The molecule has 0 spiro atoms. The summed E-state index contributed by atoms with van der Waals surface area (Å²) in [5.41, 5.74) is 0. The molecule has 0 aromatic carbocycles. The Hall–Kier alpha value is -0.720. The van der Waals surface area contributed by atoms with Gasteiger partial charge < -0.3 is 5.32 Å². The first-order valence-electron chi connectivity index (χ1n) is 6.03. The first kappa shape index (κ1) is 13.7. The molecule has 0 saturated heterocycles. The van der Waals surface area contributed by atoms with E-state index in [1.54, 1.807) is 17.7 Å². The van der Waals surface area contributed by atoms with E-state index in [2.05, 4.69) is 49.7 Å². The summed E-state index contributed by atoms with van der Waals surface area (Å²) in [4.78, 5) is 5.67. The van der Waals surface area contributed by atoms with Crippen LogP contribution in [0.1, 0.15) is 30.1 Å². The van der Waals surface area contributed by atoms with Crippen molar-refractivity contribution in [1.29, 1.82) is 0 Å². The molecule has 0 amide bonds. The molecule has 0 fully saturated rings. The maximum atomic E-state index is 4.36. The van der Waals surface area contributed by atoms with E-state index in [0.717, 1.165) is 29.7 Å². The summed E-state index contributed by atoms with van der Waals surface area (Å²) in [5.74, 6) is 1.04. The summed E-state index contributed by atoms with van der Waals surface area (Å²) >= 11 is 5.35. The van der Waals surface area contributed by atoms with Crippen LogP contribution in [0.15, 0.2) is 22.2 Å². The zero-order valence-corrected chi connectivity index (χ0v) is 13.0. The number of nitrogens with one attached hydrogen (secondary N) is 1. The minimum absolute atomic E-state index is 0.277. The Kier molecular flexibility index (Phi) is 4.91. The van der Waals surface area contributed by atoms with Crippen molar-refractivity contribution in [3.8, 4) is 0 Å². The molecule has 1 atom stereocenters. The first-order chi connectivity index (χ1) is 8.76. The lowest BCUT2D eigenvalue weighted by Gasteiger charge is -2.15. The summed E-state index contributed by atoms with van der Waals surface area (Å²) in [6, 6.07) is 2.36. The molecule has 0 saturated carbocycles. The second-order valence-electron chi connectivity index (χ2n) is 4.08. The molecule has 6 heteroatoms. The monoisotopic (exact) mass is 328 g/mol. The van der Waals surface area contributed by atoms with Crippen molar-refractivity contribution in [3.05, 3.63) is 32.9 Å². The molecule has 4 nitrogen and oxygen atoms in total. The predicted octanol–water partition coefficient (Wildman–Crippen LogP) is 3.02. The minimum atomic E-state index is 0.277. The van der Waals surface area contributed by atoms with Gasteiger partial charge in [-0.05, 0) is 40.8 Å². The molecule has 1 unspecified atom stereocenters. The number of halogens is 1. The van der Waals surface area contributed by atoms with Crippen molar-refractivity contribution >= 4 is 27.3 Å². The van der Waals surface area contributed by atoms with Crippen LogP contribution in [0, 0.1) is 0 Å². The summed E-state index contributed by atoms with van der Waals surface area (Å²) in [6.45, 7) is 3.08. The van der Waals surface area contributed by atoms with E-state index in [-0.39, 0.29) is 6.04 Å². The number of thiophene rings is 1. The number of hydrogen-bond donors (Lipinski definition) is 1. The highest BCUT2D eigenvalue weighted by Crippen LogP contribution is 2.30. The van der Waals surface area contributed by atoms with Crippen molar-refractivity contribution in [2.24, 2.45) is 0 Å². The van der Waals surface area contributed by atoms with E-state index in [1.165, 1.54) is 4.88 Å². The van der Waals surface area contributed by atoms with Crippen LogP contribution in [-0.4, -0.2) is 21.8 Å². The van der Waals surface area contributed by atoms with Crippen LogP contribution in [0.25, 0.3) is 0 Å². The average molecular weight is 329 g/mol. The third kappa shape index (κ3) is 2.99. The highest BCUT2D eigenvalue weighted by Gasteiger charge is 2.17. The molecule has 18 heavy (non-hydrogen) atoms. The van der Waals surface area contributed by atoms with Crippen LogP contribution in [0.4, 0.5) is 0 Å². The lowest BCUT2D eigenvalue weighted by Crippen LogP contribution is -2.20. The molecule has 0 radical (unpaired) electrons. The van der Waals surface area contributed by atoms with Crippen molar-refractivity contribution in [1.82, 2.24) is 20.1 Å². The van der Waals surface area contributed by atoms with Gasteiger partial charge >= 0.3 is 0 Å². The summed E-state index contributed by atoms with van der Waals surface area (Å²) in [7, 11) is 1.98. The third-order valence-electron chi connectivity index (χ3n) is 2.83. The highest BCUT2D eigenvalue weighted by molar-refractivity contribution is 9.10. The Morgan fingerprint density at radius 3 is 3.00 bits per heavy atom. The smallest absolute Gasteiger partial charge is 0.138 e. The van der Waals surface area contributed by atoms with E-state index in [0.29, 0.717) is 0 Å². The second kappa shape index (κ2) is 6.45. The number of nitrogens with zero attached hydrogens (tertiary/aromatic N) is 3. The largest absolute Gasteiger partial charge is 0.312 e. The lowest BCUT2D eigenvalue weighted by molar-refractivity contribution is 0.520. The van der Waals surface area contributed by atoms with Gasteiger partial charge in [0.1, 0.15) is 12.2 Å². The van der Waals surface area contributed by atoms with Crippen LogP contribution in [0.3, 0.4) is 0 Å². The zero-order valence-electron chi connectivity index (χ0n) is 10.6. The summed E-state index contributed by atoms with van der Waals surface area (Å²) in [6.07, 6.45) is 3.57. The molecule has 2 aromatic heterocycles. The lowest BCUT2D eigenvalue weighted by atomic mass is 10.1. The maximum absolute atomic E-state index is 4.36. The molecule has 0 bridgehead atoms. The Bertz CT molecular complexity index is 494. The molecular formula is C12H17BrN4S. The molecule has 98 valence electrons. The van der Waals surface area contributed by atoms with Crippen molar-refractivity contribution in [2.45, 2.75) is 32.4 Å². The van der Waals surface area contributed by atoms with Gasteiger partial charge in [0, 0.05) is 28.4 Å². The van der Waals surface area contributed by atoms with Crippen molar-refractivity contribution in [2.75, 3.05) is 7.05 Å². The van der Waals surface area contributed by atoms with E-state index >= 15 is 0 Å². The molecule has 0 aliphatic carbocycles. The van der Waals surface area contributed by atoms with Gasteiger partial charge in [0.05, 0.1) is 0 Å². The quantitative estimate of drug-likeness (QED) is 0.886.